The topological polar surface area (TPSA) is 91.1 Å². The lowest BCUT2D eigenvalue weighted by Gasteiger charge is -2.54. The molecular weight excluding hydrogens is 628 g/mol. The Morgan fingerprint density at radius 2 is 1.74 bits per heavy atom. The first-order valence-corrected chi connectivity index (χ1v) is 17.0. The predicted octanol–water partition coefficient (Wildman–Crippen LogP) is 7.67. The highest BCUT2D eigenvalue weighted by Gasteiger charge is 2.65. The van der Waals surface area contributed by atoms with Gasteiger partial charge in [0.15, 0.2) is 22.9 Å². The fraction of sp³-hybridized carbons (Fsp3) is 0.310. The van der Waals surface area contributed by atoms with Crippen LogP contribution >= 0.6 is 0 Å². The summed E-state index contributed by atoms with van der Waals surface area (Å²) in [6.07, 6.45) is 1.19. The van der Waals surface area contributed by atoms with Gasteiger partial charge in [-0.05, 0) is 102 Å². The Kier molecular flexibility index (Phi) is 7.77. The normalized spacial score (nSPS) is 24.1. The summed E-state index contributed by atoms with van der Waals surface area (Å²) in [5.74, 6) is -0.174. The van der Waals surface area contributed by atoms with Crippen LogP contribution in [0.15, 0.2) is 90.0 Å². The van der Waals surface area contributed by atoms with Gasteiger partial charge in [0.25, 0.3) is 5.88 Å². The molecule has 3 aliphatic carbocycles. The number of ether oxygens (including phenoxy) is 3. The second-order valence-electron chi connectivity index (χ2n) is 14.0. The van der Waals surface area contributed by atoms with Crippen LogP contribution in [0.4, 0.5) is 0 Å². The summed E-state index contributed by atoms with van der Waals surface area (Å²) in [5, 5.41) is 6.40. The van der Waals surface area contributed by atoms with E-state index in [9.17, 15) is 4.79 Å². The largest absolute Gasteiger partial charge is 0.497 e. The number of ketones is 2. The van der Waals surface area contributed by atoms with Crippen molar-refractivity contribution in [3.63, 3.8) is 0 Å². The Labute approximate surface area is 291 Å². The molecule has 3 aliphatic rings. The van der Waals surface area contributed by atoms with Crippen molar-refractivity contribution in [2.45, 2.75) is 38.0 Å². The highest BCUT2D eigenvalue weighted by molar-refractivity contribution is 6.20. The zero-order valence-corrected chi connectivity index (χ0v) is 29.0. The van der Waals surface area contributed by atoms with E-state index in [4.69, 9.17) is 18.7 Å². The standard InChI is InChI=1S/C42H40N2O6/c1-23-32-20-27(26-13-10-14-31(19-26)47-5)15-16-28(32)17-29-18-30-21-33-37(44(3)4)39-35(41(43-50-39)49-22-25-11-8-7-9-12-25)24(2)42(33,48-6)40(46)36(30)38(45)34(23)29/h7-17,19-20,30,33,36-37H,2,18,21-22H2,1,3-6H3. The molecule has 5 atom stereocenters. The molecule has 1 fully saturated rings. The average Bonchev–Trinajstić information content (AvgIpc) is 3.54. The predicted molar refractivity (Wildman–Crippen MR) is 191 cm³/mol. The van der Waals surface area contributed by atoms with Crippen molar-refractivity contribution < 1.29 is 28.3 Å². The van der Waals surface area contributed by atoms with Crippen LogP contribution < -0.4 is 9.47 Å². The van der Waals surface area contributed by atoms with E-state index in [0.717, 1.165) is 44.3 Å². The van der Waals surface area contributed by atoms with Crippen LogP contribution in [-0.2, 0) is 22.6 Å². The van der Waals surface area contributed by atoms with Crippen molar-refractivity contribution in [2.75, 3.05) is 28.3 Å². The number of hydrogen-bond donors (Lipinski definition) is 0. The minimum Gasteiger partial charge on any atom is -0.497 e. The molecule has 0 saturated heterocycles. The van der Waals surface area contributed by atoms with E-state index in [0.29, 0.717) is 35.3 Å². The third-order valence-corrected chi connectivity index (χ3v) is 11.3. The highest BCUT2D eigenvalue weighted by Crippen LogP contribution is 2.60. The lowest BCUT2D eigenvalue weighted by Crippen LogP contribution is -2.63. The first-order chi connectivity index (χ1) is 24.2. The molecule has 1 aromatic heterocycles. The molecule has 0 amide bonds. The molecular formula is C42H40N2O6. The number of aryl methyl sites for hydroxylation is 1. The second kappa shape index (κ2) is 12.1. The maximum Gasteiger partial charge on any atom is 0.262 e. The molecule has 1 heterocycles. The molecule has 0 bridgehead atoms. The number of benzene rings is 4. The van der Waals surface area contributed by atoms with E-state index >= 15 is 4.79 Å². The lowest BCUT2D eigenvalue weighted by atomic mass is 9.53. The maximum atomic E-state index is 15.1. The van der Waals surface area contributed by atoms with Gasteiger partial charge in [0.1, 0.15) is 12.4 Å². The number of methoxy groups -OCH3 is 2. The van der Waals surface area contributed by atoms with Crippen LogP contribution in [0, 0.1) is 24.7 Å². The lowest BCUT2D eigenvalue weighted by molar-refractivity contribution is -0.157. The molecule has 8 nitrogen and oxygen atoms in total. The fourth-order valence-corrected chi connectivity index (χ4v) is 9.01. The maximum absolute atomic E-state index is 15.1. The van der Waals surface area contributed by atoms with Crippen molar-refractivity contribution in [2.24, 2.45) is 17.8 Å². The Morgan fingerprint density at radius 1 is 0.960 bits per heavy atom. The summed E-state index contributed by atoms with van der Waals surface area (Å²) in [6, 6.07) is 25.9. The Hall–Kier alpha value is -5.05. The number of rotatable bonds is 7. The van der Waals surface area contributed by atoms with E-state index in [1.54, 1.807) is 14.2 Å². The molecule has 0 aliphatic heterocycles. The van der Waals surface area contributed by atoms with E-state index < -0.39 is 11.5 Å². The Balaban J connectivity index is 1.20. The monoisotopic (exact) mass is 668 g/mol. The third-order valence-electron chi connectivity index (χ3n) is 11.3. The van der Waals surface area contributed by atoms with E-state index in [1.807, 2.05) is 80.5 Å². The van der Waals surface area contributed by atoms with Crippen LogP contribution in [0.1, 0.15) is 50.8 Å². The van der Waals surface area contributed by atoms with Crippen LogP contribution in [0.2, 0.25) is 0 Å². The first kappa shape index (κ1) is 32.2. The number of hydrogen-bond acceptors (Lipinski definition) is 8. The van der Waals surface area contributed by atoms with Gasteiger partial charge in [-0.15, -0.1) is 0 Å². The quantitative estimate of drug-likeness (QED) is 0.163. The van der Waals surface area contributed by atoms with Crippen molar-refractivity contribution >= 4 is 27.9 Å². The van der Waals surface area contributed by atoms with Crippen molar-refractivity contribution in [3.05, 3.63) is 119 Å². The number of fused-ring (bicyclic) bond motifs is 5. The molecule has 4 aromatic carbocycles. The number of carbonyl (C=O) groups is 2. The van der Waals surface area contributed by atoms with Crippen molar-refractivity contribution in [1.82, 2.24) is 10.1 Å². The van der Waals surface area contributed by atoms with Crippen molar-refractivity contribution in [3.8, 4) is 22.8 Å². The second-order valence-corrected chi connectivity index (χ2v) is 14.0. The minimum absolute atomic E-state index is 0.145. The van der Waals surface area contributed by atoms with Crippen molar-refractivity contribution in [1.29, 1.82) is 0 Å². The molecule has 8 rings (SSSR count). The van der Waals surface area contributed by atoms with Gasteiger partial charge >= 0.3 is 0 Å². The van der Waals surface area contributed by atoms with E-state index in [2.05, 4.69) is 36.0 Å². The molecule has 0 spiro atoms. The Morgan fingerprint density at radius 3 is 2.48 bits per heavy atom. The summed E-state index contributed by atoms with van der Waals surface area (Å²) in [5.41, 5.74) is 5.05. The smallest absolute Gasteiger partial charge is 0.262 e. The molecule has 0 radical (unpaired) electrons. The Bertz CT molecular complexity index is 2190. The average molecular weight is 669 g/mol. The van der Waals surface area contributed by atoms with Gasteiger partial charge in [0, 0.05) is 24.2 Å². The van der Waals surface area contributed by atoms with Crippen LogP contribution in [0.25, 0.3) is 27.5 Å². The molecule has 8 heteroatoms. The summed E-state index contributed by atoms with van der Waals surface area (Å²) in [4.78, 5) is 31.9. The molecule has 1 saturated carbocycles. The number of Topliss-reactive ketones (excluding diaryl/α,β-unsaturated/α-hetero) is 2. The van der Waals surface area contributed by atoms with Gasteiger partial charge in [-0.3, -0.25) is 14.5 Å². The van der Waals surface area contributed by atoms with Gasteiger partial charge in [0.2, 0.25) is 0 Å². The summed E-state index contributed by atoms with van der Waals surface area (Å²) >= 11 is 0. The summed E-state index contributed by atoms with van der Waals surface area (Å²) in [6.45, 7) is 6.73. The molecule has 0 N–H and O–H groups in total. The van der Waals surface area contributed by atoms with Gasteiger partial charge in [-0.1, -0.05) is 67.2 Å². The van der Waals surface area contributed by atoms with Gasteiger partial charge in [-0.2, -0.15) is 0 Å². The van der Waals surface area contributed by atoms with E-state index in [-0.39, 0.29) is 41.9 Å². The van der Waals surface area contributed by atoms with Gasteiger partial charge < -0.3 is 18.7 Å². The summed E-state index contributed by atoms with van der Waals surface area (Å²) in [7, 11) is 7.13. The highest BCUT2D eigenvalue weighted by atomic mass is 16.5. The van der Waals surface area contributed by atoms with E-state index in [1.165, 1.54) is 0 Å². The fourth-order valence-electron chi connectivity index (χ4n) is 9.01. The van der Waals surface area contributed by atoms with Gasteiger partial charge in [-0.25, -0.2) is 0 Å². The van der Waals surface area contributed by atoms with Crippen LogP contribution in [-0.4, -0.2) is 55.5 Å². The molecule has 5 aromatic rings. The number of carbonyl (C=O) groups excluding carboxylic acids is 2. The minimum atomic E-state index is -1.46. The summed E-state index contributed by atoms with van der Waals surface area (Å²) < 4.78 is 24.0. The van der Waals surface area contributed by atoms with Crippen LogP contribution in [0.5, 0.6) is 11.6 Å². The first-order valence-electron chi connectivity index (χ1n) is 17.0. The van der Waals surface area contributed by atoms with Gasteiger partial charge in [0.05, 0.1) is 24.6 Å². The zero-order chi connectivity index (χ0) is 34.9. The number of nitrogens with zero attached hydrogens (tertiary/aromatic N) is 2. The zero-order valence-electron chi connectivity index (χ0n) is 29.0. The number of aromatic nitrogens is 1. The molecule has 254 valence electrons. The van der Waals surface area contributed by atoms with Crippen LogP contribution in [0.3, 0.4) is 0 Å². The SMILES string of the molecule is C=C1c2c(OCc3ccccc3)noc2C(N(C)C)C2CC3Cc4cc5ccc(-c6cccc(OC)c6)cc5c(C)c4C(=O)C3C(=O)C12OC. The molecule has 5 unspecified atom stereocenters. The third kappa shape index (κ3) is 4.69. The molecule has 50 heavy (non-hydrogen) atoms.